The van der Waals surface area contributed by atoms with E-state index in [2.05, 4.69) is 12.6 Å². The highest BCUT2D eigenvalue weighted by Gasteiger charge is 2.07. The summed E-state index contributed by atoms with van der Waals surface area (Å²) in [6.45, 7) is 5.14. The predicted octanol–water partition coefficient (Wildman–Crippen LogP) is 2.28. The average Bonchev–Trinajstić information content (AvgIpc) is 2.19. The minimum Gasteiger partial charge on any atom is -0.455 e. The van der Waals surface area contributed by atoms with Crippen LogP contribution in [0, 0.1) is 6.07 Å². The molecule has 0 heterocycles. The molecule has 0 spiro atoms. The van der Waals surface area contributed by atoms with Gasteiger partial charge in [-0.25, -0.2) is 4.79 Å². The third kappa shape index (κ3) is 2.75. The van der Waals surface area contributed by atoms with E-state index in [0.29, 0.717) is 0 Å². The maximum Gasteiger partial charge on any atom is 0.330 e. The zero-order valence-electron chi connectivity index (χ0n) is 7.49. The number of benzene rings is 1. The predicted molar refractivity (Wildman–Crippen MR) is 50.0 cm³/mol. The summed E-state index contributed by atoms with van der Waals surface area (Å²) in [5.74, 6) is -0.406. The van der Waals surface area contributed by atoms with Crippen LogP contribution in [0.25, 0.3) is 0 Å². The Hall–Kier alpha value is -1.57. The zero-order chi connectivity index (χ0) is 9.68. The molecule has 2 heteroatoms. The van der Waals surface area contributed by atoms with Crippen LogP contribution in [0.1, 0.15) is 18.6 Å². The van der Waals surface area contributed by atoms with E-state index in [9.17, 15) is 4.79 Å². The average molecular weight is 175 g/mol. The Balaban J connectivity index is 2.63. The fourth-order valence-corrected chi connectivity index (χ4v) is 0.950. The van der Waals surface area contributed by atoms with E-state index in [4.69, 9.17) is 4.74 Å². The number of ether oxygens (including phenoxy) is 1. The third-order valence-electron chi connectivity index (χ3n) is 1.66. The van der Waals surface area contributed by atoms with Gasteiger partial charge in [-0.05, 0) is 24.6 Å². The Bertz CT molecular complexity index is 290. The second-order valence-electron chi connectivity index (χ2n) is 2.62. The summed E-state index contributed by atoms with van der Waals surface area (Å²) < 4.78 is 5.01. The molecule has 0 N–H and O–H groups in total. The second-order valence-corrected chi connectivity index (χ2v) is 2.62. The van der Waals surface area contributed by atoms with E-state index in [1.54, 1.807) is 12.1 Å². The van der Waals surface area contributed by atoms with Crippen molar-refractivity contribution in [2.75, 3.05) is 0 Å². The molecule has 2 nitrogen and oxygen atoms in total. The molecular formula is C11H11O2. The van der Waals surface area contributed by atoms with Crippen LogP contribution < -0.4 is 0 Å². The highest BCUT2D eigenvalue weighted by Crippen LogP contribution is 2.15. The molecule has 0 bridgehead atoms. The molecule has 13 heavy (non-hydrogen) atoms. The van der Waals surface area contributed by atoms with Crippen molar-refractivity contribution in [3.05, 3.63) is 48.6 Å². The van der Waals surface area contributed by atoms with Crippen LogP contribution in [0.2, 0.25) is 0 Å². The van der Waals surface area contributed by atoms with Crippen LogP contribution in [0.4, 0.5) is 0 Å². The van der Waals surface area contributed by atoms with Gasteiger partial charge in [-0.3, -0.25) is 0 Å². The number of hydrogen-bond acceptors (Lipinski definition) is 2. The molecule has 0 amide bonds. The first-order chi connectivity index (χ1) is 6.24. The Labute approximate surface area is 77.8 Å². The van der Waals surface area contributed by atoms with Gasteiger partial charge < -0.3 is 4.74 Å². The third-order valence-corrected chi connectivity index (χ3v) is 1.66. The minimum absolute atomic E-state index is 0.247. The lowest BCUT2D eigenvalue weighted by molar-refractivity contribution is -0.142. The van der Waals surface area contributed by atoms with Gasteiger partial charge in [-0.2, -0.15) is 0 Å². The standard InChI is InChI=1S/C11H11O2/c1-3-11(12)13-9(2)10-7-5-4-6-8-10/h3-5,7-9H,1H2,2H3. The first kappa shape index (κ1) is 9.52. The molecule has 0 aromatic heterocycles. The molecule has 1 rings (SSSR count). The molecule has 0 aliphatic heterocycles. The first-order valence-electron chi connectivity index (χ1n) is 4.03. The van der Waals surface area contributed by atoms with Gasteiger partial charge in [-0.15, -0.1) is 0 Å². The van der Waals surface area contributed by atoms with E-state index >= 15 is 0 Å². The topological polar surface area (TPSA) is 26.3 Å². The van der Waals surface area contributed by atoms with Gasteiger partial charge in [-0.1, -0.05) is 24.8 Å². The molecule has 1 atom stereocenters. The van der Waals surface area contributed by atoms with Crippen molar-refractivity contribution in [2.45, 2.75) is 13.0 Å². The van der Waals surface area contributed by atoms with E-state index in [0.717, 1.165) is 11.6 Å². The van der Waals surface area contributed by atoms with Gasteiger partial charge in [0.25, 0.3) is 0 Å². The normalized spacial score (nSPS) is 11.8. The Morgan fingerprint density at radius 1 is 1.77 bits per heavy atom. The fraction of sp³-hybridized carbons (Fsp3) is 0.182. The lowest BCUT2D eigenvalue weighted by Crippen LogP contribution is -2.05. The summed E-state index contributed by atoms with van der Waals surface area (Å²) in [5.41, 5.74) is 0.928. The van der Waals surface area contributed by atoms with Gasteiger partial charge >= 0.3 is 5.97 Å². The van der Waals surface area contributed by atoms with Gasteiger partial charge in [0.05, 0.1) is 0 Å². The zero-order valence-corrected chi connectivity index (χ0v) is 7.49. The quantitative estimate of drug-likeness (QED) is 0.520. The van der Waals surface area contributed by atoms with Crippen molar-refractivity contribution in [3.63, 3.8) is 0 Å². The van der Waals surface area contributed by atoms with Crippen molar-refractivity contribution in [1.82, 2.24) is 0 Å². The van der Waals surface area contributed by atoms with Crippen molar-refractivity contribution in [3.8, 4) is 0 Å². The lowest BCUT2D eigenvalue weighted by atomic mass is 10.1. The van der Waals surface area contributed by atoms with E-state index < -0.39 is 5.97 Å². The molecule has 1 radical (unpaired) electrons. The maximum atomic E-state index is 10.8. The smallest absolute Gasteiger partial charge is 0.330 e. The monoisotopic (exact) mass is 175 g/mol. The Kier molecular flexibility index (Phi) is 3.26. The minimum atomic E-state index is -0.406. The molecule has 0 aliphatic rings. The largest absolute Gasteiger partial charge is 0.455 e. The van der Waals surface area contributed by atoms with Gasteiger partial charge in [0.2, 0.25) is 0 Å². The highest BCUT2D eigenvalue weighted by atomic mass is 16.5. The van der Waals surface area contributed by atoms with E-state index in [-0.39, 0.29) is 6.10 Å². The van der Waals surface area contributed by atoms with Crippen molar-refractivity contribution in [2.24, 2.45) is 0 Å². The summed E-state index contributed by atoms with van der Waals surface area (Å²) in [7, 11) is 0. The molecule has 0 saturated carbocycles. The molecule has 0 saturated heterocycles. The molecule has 1 aromatic rings. The van der Waals surface area contributed by atoms with Crippen LogP contribution >= 0.6 is 0 Å². The Morgan fingerprint density at radius 3 is 3.08 bits per heavy atom. The van der Waals surface area contributed by atoms with Crippen LogP contribution in [-0.4, -0.2) is 5.97 Å². The number of rotatable bonds is 3. The van der Waals surface area contributed by atoms with Gasteiger partial charge in [0, 0.05) is 6.08 Å². The summed E-state index contributed by atoms with van der Waals surface area (Å²) in [6.07, 6.45) is 0.909. The summed E-state index contributed by atoms with van der Waals surface area (Å²) in [4.78, 5) is 10.8. The molecule has 1 unspecified atom stereocenters. The number of carbonyl (C=O) groups excluding carboxylic acids is 1. The van der Waals surface area contributed by atoms with E-state index in [1.165, 1.54) is 0 Å². The van der Waals surface area contributed by atoms with Crippen LogP contribution in [0.15, 0.2) is 36.9 Å². The molecule has 1 aromatic carbocycles. The van der Waals surface area contributed by atoms with Crippen molar-refractivity contribution < 1.29 is 9.53 Å². The summed E-state index contributed by atoms with van der Waals surface area (Å²) >= 11 is 0. The summed E-state index contributed by atoms with van der Waals surface area (Å²) in [5, 5.41) is 0. The molecule has 67 valence electrons. The number of hydrogen-bond donors (Lipinski definition) is 0. The van der Waals surface area contributed by atoms with E-state index in [1.807, 2.05) is 19.1 Å². The first-order valence-corrected chi connectivity index (χ1v) is 4.03. The maximum absolute atomic E-state index is 10.8. The lowest BCUT2D eigenvalue weighted by Gasteiger charge is -2.11. The van der Waals surface area contributed by atoms with Gasteiger partial charge in [0.15, 0.2) is 0 Å². The molecule has 0 aliphatic carbocycles. The molecule has 0 fully saturated rings. The van der Waals surface area contributed by atoms with Crippen LogP contribution in [-0.2, 0) is 9.53 Å². The second kappa shape index (κ2) is 4.45. The highest BCUT2D eigenvalue weighted by molar-refractivity contribution is 5.81. The number of carbonyl (C=O) groups is 1. The van der Waals surface area contributed by atoms with Gasteiger partial charge in [0.1, 0.15) is 6.10 Å². The van der Waals surface area contributed by atoms with Crippen LogP contribution in [0.5, 0.6) is 0 Å². The van der Waals surface area contributed by atoms with Crippen molar-refractivity contribution in [1.29, 1.82) is 0 Å². The SMILES string of the molecule is C=CC(=O)OC(C)c1c[c]ccc1. The molecular weight excluding hydrogens is 164 g/mol. The van der Waals surface area contributed by atoms with Crippen LogP contribution in [0.3, 0.4) is 0 Å². The Morgan fingerprint density at radius 2 is 2.54 bits per heavy atom. The number of esters is 1. The fourth-order valence-electron chi connectivity index (χ4n) is 0.950. The summed E-state index contributed by atoms with van der Waals surface area (Å²) in [6, 6.07) is 10.2. The van der Waals surface area contributed by atoms with Crippen molar-refractivity contribution >= 4 is 5.97 Å².